The molecule has 1 aliphatic heterocycles. The average Bonchev–Trinajstić information content (AvgIpc) is 3.20. The third-order valence-electron chi connectivity index (χ3n) is 4.34. The minimum atomic E-state index is -1.14. The first kappa shape index (κ1) is 18.4. The van der Waals surface area contributed by atoms with E-state index in [1.807, 2.05) is 0 Å². The molecule has 3 rings (SSSR count). The quantitative estimate of drug-likeness (QED) is 0.429. The lowest BCUT2D eigenvalue weighted by molar-refractivity contribution is -0.141. The van der Waals surface area contributed by atoms with Gasteiger partial charge in [-0.3, -0.25) is 9.59 Å². The highest BCUT2D eigenvalue weighted by Gasteiger charge is 2.29. The molecule has 1 fully saturated rings. The van der Waals surface area contributed by atoms with Gasteiger partial charge in [-0.2, -0.15) is 0 Å². The largest absolute Gasteiger partial charge is 0.480 e. The Morgan fingerprint density at radius 2 is 2.15 bits per heavy atom. The van der Waals surface area contributed by atoms with Gasteiger partial charge in [0.25, 0.3) is 0 Å². The summed E-state index contributed by atoms with van der Waals surface area (Å²) in [4.78, 5) is 49.0. The summed E-state index contributed by atoms with van der Waals surface area (Å²) in [6, 6.07) is 3.22. The number of hydrogen-bond donors (Lipinski definition) is 4. The molecule has 0 spiro atoms. The third kappa shape index (κ3) is 4.25. The molecular weight excluding hydrogens is 354 g/mol. The highest BCUT2D eigenvalue weighted by molar-refractivity contribution is 5.90. The maximum Gasteiger partial charge on any atom is 0.334 e. The molecule has 9 nitrogen and oxygen atoms in total. The first-order valence-corrected chi connectivity index (χ1v) is 8.44. The molecule has 2 amide bonds. The van der Waals surface area contributed by atoms with E-state index in [2.05, 4.69) is 15.6 Å². The van der Waals surface area contributed by atoms with Crippen LogP contribution >= 0.6 is 0 Å². The molecule has 0 saturated carbocycles. The highest BCUT2D eigenvalue weighted by atomic mass is 16.5. The number of carbonyl (C=O) groups excluding carboxylic acids is 3. The fourth-order valence-electron chi connectivity index (χ4n) is 3.03. The van der Waals surface area contributed by atoms with Gasteiger partial charge in [-0.25, -0.2) is 9.59 Å². The maximum absolute atomic E-state index is 12.1. The second kappa shape index (κ2) is 7.48. The van der Waals surface area contributed by atoms with E-state index in [1.54, 1.807) is 24.4 Å². The Bertz CT molecular complexity index is 919. The molecular formula is C18H19N3O6. The monoisotopic (exact) mass is 373 g/mol. The van der Waals surface area contributed by atoms with E-state index in [4.69, 9.17) is 4.74 Å². The number of amides is 2. The Labute approximate surface area is 154 Å². The summed E-state index contributed by atoms with van der Waals surface area (Å²) < 4.78 is 5.34. The zero-order valence-corrected chi connectivity index (χ0v) is 14.6. The van der Waals surface area contributed by atoms with Crippen LogP contribution in [0, 0.1) is 0 Å². The maximum atomic E-state index is 12.1. The summed E-state index contributed by atoms with van der Waals surface area (Å²) in [5.41, 5.74) is 1.41. The molecule has 0 aliphatic carbocycles. The molecule has 0 bridgehead atoms. The molecule has 1 saturated heterocycles. The van der Waals surface area contributed by atoms with Gasteiger partial charge in [0, 0.05) is 36.9 Å². The molecule has 27 heavy (non-hydrogen) atoms. The summed E-state index contributed by atoms with van der Waals surface area (Å²) in [5.74, 6) is -2.01. The fourth-order valence-corrected chi connectivity index (χ4v) is 3.03. The van der Waals surface area contributed by atoms with Crippen molar-refractivity contribution in [2.45, 2.75) is 38.3 Å². The molecule has 1 aromatic heterocycles. The Hall–Kier alpha value is -3.36. The van der Waals surface area contributed by atoms with Crippen LogP contribution < -0.4 is 15.4 Å². The Morgan fingerprint density at radius 3 is 2.78 bits per heavy atom. The van der Waals surface area contributed by atoms with E-state index >= 15 is 0 Å². The number of carboxylic acid groups (broad SMARTS) is 1. The van der Waals surface area contributed by atoms with E-state index in [0.29, 0.717) is 29.5 Å². The van der Waals surface area contributed by atoms with Crippen molar-refractivity contribution >= 4 is 34.7 Å². The lowest BCUT2D eigenvalue weighted by Gasteiger charge is -2.13. The van der Waals surface area contributed by atoms with Crippen molar-refractivity contribution in [1.29, 1.82) is 0 Å². The first-order valence-electron chi connectivity index (χ1n) is 8.44. The summed E-state index contributed by atoms with van der Waals surface area (Å²) in [5, 5.41) is 14.9. The number of ether oxygens (including phenoxy) is 1. The van der Waals surface area contributed by atoms with E-state index in [0.717, 1.165) is 5.52 Å². The van der Waals surface area contributed by atoms with Crippen molar-refractivity contribution in [2.24, 2.45) is 0 Å². The number of nitrogens with one attached hydrogen (secondary N) is 3. The topological polar surface area (TPSA) is 138 Å². The Balaban J connectivity index is 1.79. The van der Waals surface area contributed by atoms with Gasteiger partial charge in [-0.05, 0) is 30.2 Å². The summed E-state index contributed by atoms with van der Waals surface area (Å²) >= 11 is 0. The molecule has 2 heterocycles. The van der Waals surface area contributed by atoms with Gasteiger partial charge in [-0.1, -0.05) is 0 Å². The fraction of sp³-hybridized carbons (Fsp3) is 0.333. The van der Waals surface area contributed by atoms with E-state index in [1.165, 1.54) is 6.92 Å². The molecule has 1 aliphatic rings. The van der Waals surface area contributed by atoms with E-state index < -0.39 is 29.9 Å². The molecule has 4 N–H and O–H groups in total. The number of esters is 1. The van der Waals surface area contributed by atoms with E-state index in [9.17, 15) is 24.3 Å². The predicted molar refractivity (Wildman–Crippen MR) is 94.0 cm³/mol. The standard InChI is InChI=1S/C18H19N3O6/c1-9(22)20-15(17(24)25)6-10-8-19-13-3-2-11(7-12(10)13)27-18(26)14-4-5-16(23)21-14/h2-3,7-8,14-15,19H,4-6H2,1H3,(H,20,22)(H,21,23)(H,24,25)/t14-,15-/m0/s1. The highest BCUT2D eigenvalue weighted by Crippen LogP contribution is 2.25. The number of rotatable bonds is 6. The van der Waals surface area contributed by atoms with Crippen LogP contribution in [0.1, 0.15) is 25.3 Å². The lowest BCUT2D eigenvalue weighted by Crippen LogP contribution is -2.41. The predicted octanol–water partition coefficient (Wildman–Crippen LogP) is 0.484. The third-order valence-corrected chi connectivity index (χ3v) is 4.34. The van der Waals surface area contributed by atoms with Crippen LogP contribution in [0.5, 0.6) is 5.75 Å². The van der Waals surface area contributed by atoms with Crippen LogP contribution in [0.2, 0.25) is 0 Å². The molecule has 9 heteroatoms. The lowest BCUT2D eigenvalue weighted by atomic mass is 10.0. The van der Waals surface area contributed by atoms with Gasteiger partial charge < -0.3 is 25.5 Å². The zero-order chi connectivity index (χ0) is 19.6. The Morgan fingerprint density at radius 1 is 1.37 bits per heavy atom. The molecule has 0 unspecified atom stereocenters. The normalized spacial score (nSPS) is 17.4. The van der Waals surface area contributed by atoms with Crippen molar-refractivity contribution < 1.29 is 29.0 Å². The second-order valence-corrected chi connectivity index (χ2v) is 6.40. The zero-order valence-electron chi connectivity index (χ0n) is 14.6. The number of aliphatic carboxylic acids is 1. The van der Waals surface area contributed by atoms with Crippen LogP contribution in [0.15, 0.2) is 24.4 Å². The number of fused-ring (bicyclic) bond motifs is 1. The van der Waals surface area contributed by atoms with Crippen LogP contribution in [-0.4, -0.2) is 45.9 Å². The van der Waals surface area contributed by atoms with Gasteiger partial charge in [0.1, 0.15) is 17.8 Å². The molecule has 0 radical (unpaired) electrons. The summed E-state index contributed by atoms with van der Waals surface area (Å²) in [6.07, 6.45) is 2.42. The van der Waals surface area contributed by atoms with Gasteiger partial charge in [0.2, 0.25) is 11.8 Å². The number of carboxylic acids is 1. The smallest absolute Gasteiger partial charge is 0.334 e. The summed E-state index contributed by atoms with van der Waals surface area (Å²) in [6.45, 7) is 1.25. The van der Waals surface area contributed by atoms with Crippen molar-refractivity contribution in [3.05, 3.63) is 30.0 Å². The average molecular weight is 373 g/mol. The number of H-pyrrole nitrogens is 1. The van der Waals surface area contributed by atoms with E-state index in [-0.39, 0.29) is 12.3 Å². The first-order chi connectivity index (χ1) is 12.8. The van der Waals surface area contributed by atoms with Crippen molar-refractivity contribution in [3.63, 3.8) is 0 Å². The second-order valence-electron chi connectivity index (χ2n) is 6.40. The number of carbonyl (C=O) groups is 4. The molecule has 2 aromatic rings. The minimum absolute atomic E-state index is 0.0744. The SMILES string of the molecule is CC(=O)N[C@@H](Cc1c[nH]c2ccc(OC(=O)[C@@H]3CCC(=O)N3)cc12)C(=O)O. The molecule has 1 aromatic carbocycles. The number of hydrogen-bond acceptors (Lipinski definition) is 5. The van der Waals surface area contributed by atoms with Gasteiger partial charge >= 0.3 is 11.9 Å². The minimum Gasteiger partial charge on any atom is -0.480 e. The van der Waals surface area contributed by atoms with Gasteiger partial charge in [0.05, 0.1) is 0 Å². The van der Waals surface area contributed by atoms with Crippen molar-refractivity contribution in [3.8, 4) is 5.75 Å². The number of aromatic amines is 1. The number of benzene rings is 1. The van der Waals surface area contributed by atoms with Crippen LogP contribution in [0.4, 0.5) is 0 Å². The van der Waals surface area contributed by atoms with Crippen LogP contribution in [-0.2, 0) is 25.6 Å². The van der Waals surface area contributed by atoms with Crippen molar-refractivity contribution in [1.82, 2.24) is 15.6 Å². The van der Waals surface area contributed by atoms with Crippen LogP contribution in [0.3, 0.4) is 0 Å². The summed E-state index contributed by atoms with van der Waals surface area (Å²) in [7, 11) is 0. The Kier molecular flexibility index (Phi) is 5.11. The molecule has 142 valence electrons. The number of aromatic nitrogens is 1. The van der Waals surface area contributed by atoms with Gasteiger partial charge in [0.15, 0.2) is 0 Å². The van der Waals surface area contributed by atoms with Crippen molar-refractivity contribution in [2.75, 3.05) is 0 Å². The van der Waals surface area contributed by atoms with Crippen LogP contribution in [0.25, 0.3) is 10.9 Å². The molecule has 2 atom stereocenters. The van der Waals surface area contributed by atoms with Gasteiger partial charge in [-0.15, -0.1) is 0 Å².